The molecule has 1 unspecified atom stereocenters. The van der Waals surface area contributed by atoms with Crippen LogP contribution in [-0.4, -0.2) is 42.5 Å². The normalized spacial score (nSPS) is 13.1. The van der Waals surface area contributed by atoms with Gasteiger partial charge in [-0.05, 0) is 32.7 Å². The molecule has 1 amide bonds. The van der Waals surface area contributed by atoms with Crippen molar-refractivity contribution in [1.82, 2.24) is 10.2 Å². The molecule has 3 N–H and O–H groups in total. The largest absolute Gasteiger partial charge is 0.352 e. The molecule has 0 saturated heterocycles. The molecular formula is C14H31N3O. The van der Waals surface area contributed by atoms with Crippen LogP contribution < -0.4 is 11.1 Å². The second-order valence-corrected chi connectivity index (χ2v) is 4.88. The van der Waals surface area contributed by atoms with E-state index >= 15 is 0 Å². The van der Waals surface area contributed by atoms with Crippen LogP contribution in [0.15, 0.2) is 0 Å². The molecule has 18 heavy (non-hydrogen) atoms. The highest BCUT2D eigenvalue weighted by atomic mass is 16.2. The first kappa shape index (κ1) is 17.4. The summed E-state index contributed by atoms with van der Waals surface area (Å²) in [5.74, 6) is 0.133. The van der Waals surface area contributed by atoms with E-state index in [9.17, 15) is 4.79 Å². The Hall–Kier alpha value is -0.610. The van der Waals surface area contributed by atoms with Crippen molar-refractivity contribution in [2.75, 3.05) is 19.6 Å². The number of hydrogen-bond donors (Lipinski definition) is 2. The predicted octanol–water partition coefficient (Wildman–Crippen LogP) is 1.74. The van der Waals surface area contributed by atoms with Gasteiger partial charge in [-0.25, -0.2) is 0 Å². The molecule has 0 spiro atoms. The van der Waals surface area contributed by atoms with E-state index in [1.165, 1.54) is 0 Å². The molecule has 0 aromatic rings. The topological polar surface area (TPSA) is 58.4 Å². The lowest BCUT2D eigenvalue weighted by atomic mass is 10.1. The molecule has 0 aliphatic carbocycles. The van der Waals surface area contributed by atoms with Crippen LogP contribution in [0.1, 0.15) is 53.4 Å². The highest BCUT2D eigenvalue weighted by Crippen LogP contribution is 2.04. The first-order valence-electron chi connectivity index (χ1n) is 7.35. The van der Waals surface area contributed by atoms with Crippen molar-refractivity contribution in [2.45, 2.75) is 65.5 Å². The Labute approximate surface area is 112 Å². The van der Waals surface area contributed by atoms with Crippen LogP contribution in [0, 0.1) is 0 Å². The Balaban J connectivity index is 4.35. The summed E-state index contributed by atoms with van der Waals surface area (Å²) in [4.78, 5) is 14.3. The van der Waals surface area contributed by atoms with Crippen molar-refractivity contribution in [3.63, 3.8) is 0 Å². The van der Waals surface area contributed by atoms with Crippen LogP contribution in [0.5, 0.6) is 0 Å². The van der Waals surface area contributed by atoms with Gasteiger partial charge in [-0.15, -0.1) is 0 Å². The van der Waals surface area contributed by atoms with Crippen molar-refractivity contribution in [3.8, 4) is 0 Å². The lowest BCUT2D eigenvalue weighted by molar-refractivity contribution is -0.126. The molecular weight excluding hydrogens is 226 g/mol. The maximum atomic E-state index is 12.2. The Morgan fingerprint density at radius 2 is 1.83 bits per heavy atom. The van der Waals surface area contributed by atoms with Crippen molar-refractivity contribution >= 4 is 5.91 Å². The Morgan fingerprint density at radius 1 is 1.22 bits per heavy atom. The van der Waals surface area contributed by atoms with Gasteiger partial charge in [0, 0.05) is 19.1 Å². The minimum absolute atomic E-state index is 0.0827. The van der Waals surface area contributed by atoms with Gasteiger partial charge in [0.2, 0.25) is 5.91 Å². The van der Waals surface area contributed by atoms with E-state index in [0.29, 0.717) is 12.6 Å². The average molecular weight is 257 g/mol. The third kappa shape index (κ3) is 6.36. The maximum absolute atomic E-state index is 12.2. The predicted molar refractivity (Wildman–Crippen MR) is 77.5 cm³/mol. The summed E-state index contributed by atoms with van der Waals surface area (Å²) in [6.45, 7) is 10.7. The molecule has 0 saturated carbocycles. The lowest BCUT2D eigenvalue weighted by Crippen LogP contribution is -2.49. The number of carbonyl (C=O) groups excluding carboxylic acids is 1. The number of unbranched alkanes of at least 4 members (excludes halogenated alkanes) is 1. The molecule has 0 heterocycles. The number of hydrogen-bond acceptors (Lipinski definition) is 3. The molecule has 0 fully saturated rings. The van der Waals surface area contributed by atoms with E-state index in [-0.39, 0.29) is 11.9 Å². The number of nitrogens with zero attached hydrogens (tertiary/aromatic N) is 1. The Bertz CT molecular complexity index is 217. The van der Waals surface area contributed by atoms with Crippen LogP contribution in [0.3, 0.4) is 0 Å². The van der Waals surface area contributed by atoms with Gasteiger partial charge in [-0.1, -0.05) is 27.2 Å². The van der Waals surface area contributed by atoms with Crippen LogP contribution in [0.4, 0.5) is 0 Å². The molecule has 0 aliphatic heterocycles. The molecule has 0 bridgehead atoms. The fourth-order valence-electron chi connectivity index (χ4n) is 2.01. The summed E-state index contributed by atoms with van der Waals surface area (Å²) >= 11 is 0. The van der Waals surface area contributed by atoms with Gasteiger partial charge in [0.25, 0.3) is 0 Å². The third-order valence-corrected chi connectivity index (χ3v) is 3.47. The van der Waals surface area contributed by atoms with Gasteiger partial charge < -0.3 is 11.1 Å². The van der Waals surface area contributed by atoms with E-state index in [1.807, 2.05) is 6.92 Å². The Kier molecular flexibility index (Phi) is 9.98. The second-order valence-electron chi connectivity index (χ2n) is 4.88. The number of amides is 1. The summed E-state index contributed by atoms with van der Waals surface area (Å²) in [6, 6.07) is 0.214. The van der Waals surface area contributed by atoms with E-state index < -0.39 is 0 Å². The smallest absolute Gasteiger partial charge is 0.237 e. The zero-order valence-electron chi connectivity index (χ0n) is 12.5. The zero-order valence-corrected chi connectivity index (χ0v) is 12.5. The molecule has 4 heteroatoms. The van der Waals surface area contributed by atoms with Crippen molar-refractivity contribution < 1.29 is 4.79 Å². The fraction of sp³-hybridized carbons (Fsp3) is 0.929. The van der Waals surface area contributed by atoms with Gasteiger partial charge >= 0.3 is 0 Å². The fourth-order valence-corrected chi connectivity index (χ4v) is 2.01. The van der Waals surface area contributed by atoms with Gasteiger partial charge in [0.05, 0.1) is 6.04 Å². The summed E-state index contributed by atoms with van der Waals surface area (Å²) in [5, 5.41) is 3.11. The standard InChI is InChI=1S/C14H31N3O/c1-5-8-10-17(11-9-15)12(4)14(18)16-13(6-2)7-3/h12-13H,5-11,15H2,1-4H3,(H,16,18). The molecule has 0 aromatic carbocycles. The van der Waals surface area contributed by atoms with Crippen molar-refractivity contribution in [3.05, 3.63) is 0 Å². The minimum atomic E-state index is -0.0827. The van der Waals surface area contributed by atoms with Crippen LogP contribution in [-0.2, 0) is 4.79 Å². The molecule has 108 valence electrons. The van der Waals surface area contributed by atoms with Crippen molar-refractivity contribution in [2.24, 2.45) is 5.73 Å². The van der Waals surface area contributed by atoms with Crippen molar-refractivity contribution in [1.29, 1.82) is 0 Å². The quantitative estimate of drug-likeness (QED) is 0.627. The molecule has 0 aliphatic rings. The average Bonchev–Trinajstić information content (AvgIpc) is 2.39. The highest BCUT2D eigenvalue weighted by Gasteiger charge is 2.21. The monoisotopic (exact) mass is 257 g/mol. The lowest BCUT2D eigenvalue weighted by Gasteiger charge is -2.29. The van der Waals surface area contributed by atoms with E-state index in [1.54, 1.807) is 0 Å². The Morgan fingerprint density at radius 3 is 2.28 bits per heavy atom. The van der Waals surface area contributed by atoms with E-state index in [0.717, 1.165) is 38.8 Å². The first-order chi connectivity index (χ1) is 8.60. The van der Waals surface area contributed by atoms with Crippen LogP contribution >= 0.6 is 0 Å². The first-order valence-corrected chi connectivity index (χ1v) is 7.35. The van der Waals surface area contributed by atoms with Gasteiger partial charge in [-0.2, -0.15) is 0 Å². The summed E-state index contributed by atoms with van der Waals surface area (Å²) < 4.78 is 0. The number of nitrogens with one attached hydrogen (secondary N) is 1. The van der Waals surface area contributed by atoms with Crippen LogP contribution in [0.25, 0.3) is 0 Å². The summed E-state index contributed by atoms with van der Waals surface area (Å²) in [5.41, 5.74) is 5.62. The van der Waals surface area contributed by atoms with Gasteiger partial charge in [0.15, 0.2) is 0 Å². The highest BCUT2D eigenvalue weighted by molar-refractivity contribution is 5.81. The summed E-state index contributed by atoms with van der Waals surface area (Å²) in [7, 11) is 0. The molecule has 1 atom stereocenters. The molecule has 0 radical (unpaired) electrons. The molecule has 4 nitrogen and oxygen atoms in total. The maximum Gasteiger partial charge on any atom is 0.237 e. The second kappa shape index (κ2) is 10.3. The SMILES string of the molecule is CCCCN(CCN)C(C)C(=O)NC(CC)CC. The third-order valence-electron chi connectivity index (χ3n) is 3.47. The number of rotatable bonds is 10. The summed E-state index contributed by atoms with van der Waals surface area (Å²) in [6.07, 6.45) is 4.23. The number of carbonyl (C=O) groups is 1. The van der Waals surface area contributed by atoms with Crippen LogP contribution in [0.2, 0.25) is 0 Å². The van der Waals surface area contributed by atoms with Gasteiger partial charge in [0.1, 0.15) is 0 Å². The van der Waals surface area contributed by atoms with E-state index in [4.69, 9.17) is 5.73 Å². The minimum Gasteiger partial charge on any atom is -0.352 e. The van der Waals surface area contributed by atoms with E-state index in [2.05, 4.69) is 31.0 Å². The molecule has 0 aromatic heterocycles. The zero-order chi connectivity index (χ0) is 14.0. The number of nitrogens with two attached hydrogens (primary N) is 1. The van der Waals surface area contributed by atoms with Gasteiger partial charge in [-0.3, -0.25) is 9.69 Å². The molecule has 0 rings (SSSR count).